The summed E-state index contributed by atoms with van der Waals surface area (Å²) in [7, 11) is 0. The fourth-order valence-electron chi connectivity index (χ4n) is 2.43. The third kappa shape index (κ3) is 2.45. The van der Waals surface area contributed by atoms with E-state index in [1.165, 1.54) is 24.9 Å². The fourth-order valence-corrected chi connectivity index (χ4v) is 2.43. The van der Waals surface area contributed by atoms with Crippen LogP contribution in [-0.4, -0.2) is 22.1 Å². The summed E-state index contributed by atoms with van der Waals surface area (Å²) in [6.45, 7) is 7.01. The van der Waals surface area contributed by atoms with Crippen molar-refractivity contribution in [3.63, 3.8) is 0 Å². The molecule has 1 aliphatic heterocycles. The minimum absolute atomic E-state index is 0.134. The first-order valence-corrected chi connectivity index (χ1v) is 6.05. The van der Waals surface area contributed by atoms with E-state index in [4.69, 9.17) is 5.11 Å². The van der Waals surface area contributed by atoms with Gasteiger partial charge in [-0.2, -0.15) is 0 Å². The molecular weight excluding hydrogens is 198 g/mol. The lowest BCUT2D eigenvalue weighted by molar-refractivity contribution is 0.166. The minimum atomic E-state index is 0.134. The summed E-state index contributed by atoms with van der Waals surface area (Å²) in [4.78, 5) is 2.54. The van der Waals surface area contributed by atoms with Gasteiger partial charge in [0.15, 0.2) is 0 Å². The largest absolute Gasteiger partial charge is 0.392 e. The van der Waals surface area contributed by atoms with Gasteiger partial charge in [0.2, 0.25) is 0 Å². The molecule has 16 heavy (non-hydrogen) atoms. The molecule has 1 N–H and O–H groups in total. The molecule has 0 bridgehead atoms. The third-order valence-electron chi connectivity index (χ3n) is 3.65. The van der Waals surface area contributed by atoms with Crippen LogP contribution >= 0.6 is 0 Å². The second kappa shape index (κ2) is 4.56. The highest BCUT2D eigenvalue weighted by Crippen LogP contribution is 2.29. The van der Waals surface area contributed by atoms with Crippen LogP contribution < -0.4 is 0 Å². The van der Waals surface area contributed by atoms with Gasteiger partial charge in [-0.05, 0) is 44.4 Å². The second-order valence-electron chi connectivity index (χ2n) is 5.31. The van der Waals surface area contributed by atoms with Gasteiger partial charge in [-0.3, -0.25) is 4.90 Å². The van der Waals surface area contributed by atoms with Crippen LogP contribution in [0.4, 0.5) is 0 Å². The summed E-state index contributed by atoms with van der Waals surface area (Å²) in [5, 5.41) is 8.99. The normalized spacial score (nSPS) is 20.2. The highest BCUT2D eigenvalue weighted by Gasteiger charge is 2.31. The summed E-state index contributed by atoms with van der Waals surface area (Å²) in [5.74, 6) is 0. The number of aliphatic hydroxyl groups is 1. The average molecular weight is 219 g/mol. The van der Waals surface area contributed by atoms with Crippen LogP contribution in [-0.2, 0) is 13.2 Å². The van der Waals surface area contributed by atoms with Gasteiger partial charge in [-0.1, -0.05) is 24.3 Å². The monoisotopic (exact) mass is 219 g/mol. The molecule has 0 atom stereocenters. The molecule has 0 saturated carbocycles. The number of aliphatic hydroxyl groups excluding tert-OH is 1. The first-order chi connectivity index (χ1) is 7.62. The SMILES string of the molecule is CC1(C)CCCN1Cc1ccc(CO)cc1. The maximum Gasteiger partial charge on any atom is 0.0681 e. The third-order valence-corrected chi connectivity index (χ3v) is 3.65. The van der Waals surface area contributed by atoms with Crippen molar-refractivity contribution in [2.24, 2.45) is 0 Å². The molecule has 1 saturated heterocycles. The maximum atomic E-state index is 8.99. The number of hydrogen-bond donors (Lipinski definition) is 1. The van der Waals surface area contributed by atoms with Gasteiger partial charge in [0, 0.05) is 12.1 Å². The molecule has 1 fully saturated rings. The van der Waals surface area contributed by atoms with Crippen molar-refractivity contribution in [2.75, 3.05) is 6.54 Å². The predicted octanol–water partition coefficient (Wildman–Crippen LogP) is 2.55. The van der Waals surface area contributed by atoms with Crippen LogP contribution in [0.15, 0.2) is 24.3 Å². The number of hydrogen-bond acceptors (Lipinski definition) is 2. The molecule has 2 heteroatoms. The molecule has 0 amide bonds. The average Bonchev–Trinajstić information content (AvgIpc) is 2.59. The van der Waals surface area contributed by atoms with E-state index < -0.39 is 0 Å². The van der Waals surface area contributed by atoms with E-state index in [1.54, 1.807) is 0 Å². The lowest BCUT2D eigenvalue weighted by atomic mass is 10.0. The van der Waals surface area contributed by atoms with Crippen molar-refractivity contribution in [3.8, 4) is 0 Å². The highest BCUT2D eigenvalue weighted by molar-refractivity contribution is 5.22. The molecule has 0 aliphatic carbocycles. The molecule has 1 aromatic carbocycles. The Bertz CT molecular complexity index is 342. The number of rotatable bonds is 3. The zero-order valence-electron chi connectivity index (χ0n) is 10.2. The zero-order chi connectivity index (χ0) is 11.6. The molecule has 0 unspecified atom stereocenters. The smallest absolute Gasteiger partial charge is 0.0681 e. The highest BCUT2D eigenvalue weighted by atomic mass is 16.3. The van der Waals surface area contributed by atoms with Gasteiger partial charge in [-0.15, -0.1) is 0 Å². The Hall–Kier alpha value is -0.860. The molecule has 2 rings (SSSR count). The quantitative estimate of drug-likeness (QED) is 0.844. The Morgan fingerprint density at radius 1 is 1.19 bits per heavy atom. The molecule has 2 nitrogen and oxygen atoms in total. The first-order valence-electron chi connectivity index (χ1n) is 6.05. The standard InChI is InChI=1S/C14H21NO/c1-14(2)8-3-9-15(14)10-12-4-6-13(11-16)7-5-12/h4-7,16H,3,8-11H2,1-2H3. The summed E-state index contributed by atoms with van der Waals surface area (Å²) in [6, 6.07) is 8.27. The molecule has 0 radical (unpaired) electrons. The van der Waals surface area contributed by atoms with Crippen LogP contribution in [0, 0.1) is 0 Å². The van der Waals surface area contributed by atoms with Crippen molar-refractivity contribution in [1.82, 2.24) is 4.90 Å². The van der Waals surface area contributed by atoms with Crippen LogP contribution in [0.2, 0.25) is 0 Å². The van der Waals surface area contributed by atoms with Gasteiger partial charge in [0.25, 0.3) is 0 Å². The topological polar surface area (TPSA) is 23.5 Å². The Morgan fingerprint density at radius 3 is 2.31 bits per heavy atom. The molecule has 0 spiro atoms. The molecule has 1 aromatic rings. The van der Waals surface area contributed by atoms with Gasteiger partial charge >= 0.3 is 0 Å². The maximum absolute atomic E-state index is 8.99. The van der Waals surface area contributed by atoms with Crippen LogP contribution in [0.5, 0.6) is 0 Å². The Morgan fingerprint density at radius 2 is 1.81 bits per heavy atom. The van der Waals surface area contributed by atoms with Crippen molar-refractivity contribution in [2.45, 2.75) is 45.4 Å². The molecule has 1 aliphatic rings. The lowest BCUT2D eigenvalue weighted by Crippen LogP contribution is -2.37. The number of nitrogens with zero attached hydrogens (tertiary/aromatic N) is 1. The van der Waals surface area contributed by atoms with E-state index in [9.17, 15) is 0 Å². The number of likely N-dealkylation sites (tertiary alicyclic amines) is 1. The van der Waals surface area contributed by atoms with Crippen LogP contribution in [0.25, 0.3) is 0 Å². The van der Waals surface area contributed by atoms with Gasteiger partial charge in [-0.25, -0.2) is 0 Å². The van der Waals surface area contributed by atoms with Crippen molar-refractivity contribution >= 4 is 0 Å². The van der Waals surface area contributed by atoms with E-state index >= 15 is 0 Å². The molecule has 0 aromatic heterocycles. The zero-order valence-corrected chi connectivity index (χ0v) is 10.2. The van der Waals surface area contributed by atoms with E-state index in [-0.39, 0.29) is 6.61 Å². The summed E-state index contributed by atoms with van der Waals surface area (Å²) >= 11 is 0. The van der Waals surface area contributed by atoms with Crippen LogP contribution in [0.1, 0.15) is 37.8 Å². The summed E-state index contributed by atoms with van der Waals surface area (Å²) in [5.41, 5.74) is 2.67. The summed E-state index contributed by atoms with van der Waals surface area (Å²) < 4.78 is 0. The van der Waals surface area contributed by atoms with Gasteiger partial charge in [0.05, 0.1) is 6.61 Å². The van der Waals surface area contributed by atoms with Gasteiger partial charge in [0.1, 0.15) is 0 Å². The van der Waals surface area contributed by atoms with Crippen molar-refractivity contribution < 1.29 is 5.11 Å². The fraction of sp³-hybridized carbons (Fsp3) is 0.571. The Balaban J connectivity index is 2.03. The van der Waals surface area contributed by atoms with Crippen molar-refractivity contribution in [1.29, 1.82) is 0 Å². The lowest BCUT2D eigenvalue weighted by Gasteiger charge is -2.31. The molecule has 1 heterocycles. The van der Waals surface area contributed by atoms with E-state index in [1.807, 2.05) is 12.1 Å². The van der Waals surface area contributed by atoms with E-state index in [0.717, 1.165) is 12.1 Å². The first kappa shape index (κ1) is 11.6. The number of benzene rings is 1. The Kier molecular flexibility index (Phi) is 3.31. The van der Waals surface area contributed by atoms with E-state index in [2.05, 4.69) is 30.9 Å². The minimum Gasteiger partial charge on any atom is -0.392 e. The summed E-state index contributed by atoms with van der Waals surface area (Å²) in [6.07, 6.45) is 2.60. The predicted molar refractivity (Wildman–Crippen MR) is 66.1 cm³/mol. The van der Waals surface area contributed by atoms with Crippen LogP contribution in [0.3, 0.4) is 0 Å². The molecular formula is C14H21NO. The Labute approximate surface area is 97.9 Å². The van der Waals surface area contributed by atoms with E-state index in [0.29, 0.717) is 5.54 Å². The molecule has 88 valence electrons. The van der Waals surface area contributed by atoms with Gasteiger partial charge < -0.3 is 5.11 Å². The second-order valence-corrected chi connectivity index (χ2v) is 5.31. The van der Waals surface area contributed by atoms with Crippen molar-refractivity contribution in [3.05, 3.63) is 35.4 Å².